The quantitative estimate of drug-likeness (QED) is 0.569. The van der Waals surface area contributed by atoms with Gasteiger partial charge in [-0.1, -0.05) is 12.1 Å². The summed E-state index contributed by atoms with van der Waals surface area (Å²) in [5.74, 6) is 0.0847. The van der Waals surface area contributed by atoms with Crippen molar-refractivity contribution in [3.05, 3.63) is 47.8 Å². The fraction of sp³-hybridized carbons (Fsp3) is 0.0909. The molecule has 1 aromatic carbocycles. The van der Waals surface area contributed by atoms with E-state index in [1.165, 1.54) is 0 Å². The summed E-state index contributed by atoms with van der Waals surface area (Å²) < 4.78 is 1.77. The zero-order valence-electron chi connectivity index (χ0n) is 8.44. The summed E-state index contributed by atoms with van der Waals surface area (Å²) in [4.78, 5) is 0. The first-order valence-corrected chi connectivity index (χ1v) is 4.64. The van der Waals surface area contributed by atoms with E-state index in [1.807, 2.05) is 37.4 Å². The molecule has 0 amide bonds. The average Bonchev–Trinajstić information content (AvgIpc) is 2.70. The van der Waals surface area contributed by atoms with Crippen molar-refractivity contribution >= 4 is 5.84 Å². The second kappa shape index (κ2) is 3.57. The molecule has 0 aliphatic carbocycles. The monoisotopic (exact) mass is 200 g/mol. The fourth-order valence-corrected chi connectivity index (χ4v) is 1.57. The van der Waals surface area contributed by atoms with Crippen LogP contribution >= 0.6 is 0 Å². The van der Waals surface area contributed by atoms with E-state index in [0.29, 0.717) is 0 Å². The lowest BCUT2D eigenvalue weighted by atomic mass is 10.1. The second-order valence-electron chi connectivity index (χ2n) is 3.31. The highest BCUT2D eigenvalue weighted by atomic mass is 15.3. The molecule has 0 bridgehead atoms. The molecule has 4 heteroatoms. The molecule has 1 aromatic heterocycles. The summed E-state index contributed by atoms with van der Waals surface area (Å²) in [5.41, 5.74) is 8.16. The van der Waals surface area contributed by atoms with Crippen molar-refractivity contribution in [1.82, 2.24) is 9.78 Å². The standard InChI is InChI=1S/C11H12N4/c1-8-9(11(12)13)4-2-5-10(8)15-7-3-6-14-15/h2-7H,1H3,(H3,12,13). The van der Waals surface area contributed by atoms with Crippen molar-refractivity contribution in [2.75, 3.05) is 0 Å². The zero-order valence-corrected chi connectivity index (χ0v) is 8.44. The van der Waals surface area contributed by atoms with E-state index < -0.39 is 0 Å². The molecule has 0 aliphatic rings. The number of amidine groups is 1. The summed E-state index contributed by atoms with van der Waals surface area (Å²) in [6.45, 7) is 1.94. The van der Waals surface area contributed by atoms with Crippen molar-refractivity contribution in [3.63, 3.8) is 0 Å². The van der Waals surface area contributed by atoms with Gasteiger partial charge in [0.1, 0.15) is 5.84 Å². The predicted molar refractivity (Wildman–Crippen MR) is 59.3 cm³/mol. The number of nitrogens with one attached hydrogen (secondary N) is 1. The van der Waals surface area contributed by atoms with Gasteiger partial charge >= 0.3 is 0 Å². The molecule has 0 fully saturated rings. The van der Waals surface area contributed by atoms with Crippen molar-refractivity contribution in [2.45, 2.75) is 6.92 Å². The van der Waals surface area contributed by atoms with E-state index in [4.69, 9.17) is 11.1 Å². The Hall–Kier alpha value is -2.10. The van der Waals surface area contributed by atoms with Gasteiger partial charge in [0, 0.05) is 18.0 Å². The molecule has 2 aromatic rings. The molecule has 0 spiro atoms. The highest BCUT2D eigenvalue weighted by Gasteiger charge is 2.07. The highest BCUT2D eigenvalue weighted by molar-refractivity contribution is 5.97. The minimum Gasteiger partial charge on any atom is -0.384 e. The van der Waals surface area contributed by atoms with Crippen molar-refractivity contribution in [2.24, 2.45) is 5.73 Å². The normalized spacial score (nSPS) is 10.2. The number of nitrogens with zero attached hydrogens (tertiary/aromatic N) is 2. The van der Waals surface area contributed by atoms with Crippen LogP contribution in [0.5, 0.6) is 0 Å². The van der Waals surface area contributed by atoms with Gasteiger partial charge in [-0.25, -0.2) is 4.68 Å². The molecular weight excluding hydrogens is 188 g/mol. The third kappa shape index (κ3) is 1.61. The van der Waals surface area contributed by atoms with E-state index in [0.717, 1.165) is 16.8 Å². The number of nitrogen functional groups attached to an aromatic ring is 1. The Morgan fingerprint density at radius 3 is 2.80 bits per heavy atom. The third-order valence-electron chi connectivity index (χ3n) is 2.35. The maximum Gasteiger partial charge on any atom is 0.123 e. The smallest absolute Gasteiger partial charge is 0.123 e. The molecule has 1 heterocycles. The average molecular weight is 200 g/mol. The first-order valence-electron chi connectivity index (χ1n) is 4.64. The highest BCUT2D eigenvalue weighted by Crippen LogP contribution is 2.16. The van der Waals surface area contributed by atoms with Crippen LogP contribution in [0.25, 0.3) is 5.69 Å². The fourth-order valence-electron chi connectivity index (χ4n) is 1.57. The second-order valence-corrected chi connectivity index (χ2v) is 3.31. The third-order valence-corrected chi connectivity index (χ3v) is 2.35. The van der Waals surface area contributed by atoms with Crippen LogP contribution in [-0.2, 0) is 0 Å². The molecule has 0 unspecified atom stereocenters. The number of aromatic nitrogens is 2. The molecule has 0 saturated carbocycles. The van der Waals surface area contributed by atoms with E-state index in [-0.39, 0.29) is 5.84 Å². The van der Waals surface area contributed by atoms with Gasteiger partial charge in [-0.3, -0.25) is 5.41 Å². The number of nitrogens with two attached hydrogens (primary N) is 1. The predicted octanol–water partition coefficient (Wildman–Crippen LogP) is 1.46. The number of hydrogen-bond donors (Lipinski definition) is 2. The molecule has 0 atom stereocenters. The molecule has 4 nitrogen and oxygen atoms in total. The van der Waals surface area contributed by atoms with Crippen LogP contribution in [0.2, 0.25) is 0 Å². The Morgan fingerprint density at radius 1 is 1.40 bits per heavy atom. The van der Waals surface area contributed by atoms with Crippen LogP contribution in [0, 0.1) is 12.3 Å². The molecule has 0 aliphatic heterocycles. The number of rotatable bonds is 2. The Morgan fingerprint density at radius 2 is 2.20 bits per heavy atom. The van der Waals surface area contributed by atoms with Gasteiger partial charge in [-0.05, 0) is 24.6 Å². The van der Waals surface area contributed by atoms with Gasteiger partial charge in [-0.2, -0.15) is 5.10 Å². The van der Waals surface area contributed by atoms with Crippen molar-refractivity contribution < 1.29 is 0 Å². The van der Waals surface area contributed by atoms with Gasteiger partial charge in [0.05, 0.1) is 5.69 Å². The molecule has 15 heavy (non-hydrogen) atoms. The lowest BCUT2D eigenvalue weighted by Crippen LogP contribution is -2.14. The van der Waals surface area contributed by atoms with Crippen LogP contribution in [0.1, 0.15) is 11.1 Å². The minimum absolute atomic E-state index is 0.0847. The van der Waals surface area contributed by atoms with Crippen LogP contribution in [-0.4, -0.2) is 15.6 Å². The summed E-state index contributed by atoms with van der Waals surface area (Å²) in [5, 5.41) is 11.6. The van der Waals surface area contributed by atoms with Crippen LogP contribution in [0.15, 0.2) is 36.7 Å². The number of benzene rings is 1. The van der Waals surface area contributed by atoms with E-state index in [1.54, 1.807) is 10.9 Å². The molecule has 0 radical (unpaired) electrons. The molecule has 3 N–H and O–H groups in total. The summed E-state index contributed by atoms with van der Waals surface area (Å²) in [7, 11) is 0. The van der Waals surface area contributed by atoms with E-state index >= 15 is 0 Å². The van der Waals surface area contributed by atoms with E-state index in [2.05, 4.69) is 5.10 Å². The van der Waals surface area contributed by atoms with E-state index in [9.17, 15) is 0 Å². The van der Waals surface area contributed by atoms with Gasteiger partial charge in [-0.15, -0.1) is 0 Å². The zero-order chi connectivity index (χ0) is 10.8. The van der Waals surface area contributed by atoms with Crippen LogP contribution in [0.4, 0.5) is 0 Å². The molecule has 76 valence electrons. The Balaban J connectivity index is 2.59. The molecule has 2 rings (SSSR count). The van der Waals surface area contributed by atoms with Gasteiger partial charge in [0.15, 0.2) is 0 Å². The van der Waals surface area contributed by atoms with Crippen LogP contribution in [0.3, 0.4) is 0 Å². The largest absolute Gasteiger partial charge is 0.384 e. The Labute approximate surface area is 87.9 Å². The van der Waals surface area contributed by atoms with Gasteiger partial charge < -0.3 is 5.73 Å². The van der Waals surface area contributed by atoms with Crippen LogP contribution < -0.4 is 5.73 Å². The summed E-state index contributed by atoms with van der Waals surface area (Å²) >= 11 is 0. The Kier molecular flexibility index (Phi) is 2.25. The minimum atomic E-state index is 0.0847. The Bertz CT molecular complexity index is 485. The van der Waals surface area contributed by atoms with Crippen molar-refractivity contribution in [1.29, 1.82) is 5.41 Å². The molecule has 0 saturated heterocycles. The topological polar surface area (TPSA) is 67.7 Å². The first kappa shape index (κ1) is 9.45. The maximum absolute atomic E-state index is 7.45. The molecular formula is C11H12N4. The van der Waals surface area contributed by atoms with Gasteiger partial charge in [0.2, 0.25) is 0 Å². The van der Waals surface area contributed by atoms with Gasteiger partial charge in [0.25, 0.3) is 0 Å². The lowest BCUT2D eigenvalue weighted by Gasteiger charge is -2.09. The summed E-state index contributed by atoms with van der Waals surface area (Å²) in [6, 6.07) is 7.53. The first-order chi connectivity index (χ1) is 7.20. The lowest BCUT2D eigenvalue weighted by molar-refractivity contribution is 0.872. The SMILES string of the molecule is Cc1c(C(=N)N)cccc1-n1cccn1. The maximum atomic E-state index is 7.45. The van der Waals surface area contributed by atoms with Crippen molar-refractivity contribution in [3.8, 4) is 5.69 Å². The summed E-state index contributed by atoms with van der Waals surface area (Å²) in [6.07, 6.45) is 3.59. The number of hydrogen-bond acceptors (Lipinski definition) is 2.